The molecular weight excluding hydrogens is 413 g/mol. The van der Waals surface area contributed by atoms with Gasteiger partial charge >= 0.3 is 0 Å². The molecule has 3 aromatic rings. The van der Waals surface area contributed by atoms with Crippen molar-refractivity contribution in [2.45, 2.75) is 13.0 Å². The van der Waals surface area contributed by atoms with E-state index in [0.717, 1.165) is 11.1 Å². The van der Waals surface area contributed by atoms with Crippen LogP contribution in [0, 0.1) is 6.92 Å². The van der Waals surface area contributed by atoms with Gasteiger partial charge in [-0.05, 0) is 42.3 Å². The molecule has 6 nitrogen and oxygen atoms in total. The first-order valence-electron chi connectivity index (χ1n) is 9.05. The Balaban J connectivity index is 1.91. The lowest BCUT2D eigenvalue weighted by Crippen LogP contribution is -2.32. The van der Waals surface area contributed by atoms with Crippen LogP contribution in [-0.2, 0) is 4.74 Å². The molecule has 0 radical (unpaired) electrons. The summed E-state index contributed by atoms with van der Waals surface area (Å²) in [5.41, 5.74) is 3.62. The third-order valence-corrected chi connectivity index (χ3v) is 5.74. The minimum atomic E-state index is -0.417. The SMILES string of the molecule is COCCN1C(=O)c2[nH]nc(-c3cc(Cl)c(C)cc3O)c2C1c1cccc(Cl)c1. The van der Waals surface area contributed by atoms with Crippen molar-refractivity contribution in [3.8, 4) is 17.0 Å². The first kappa shape index (κ1) is 19.8. The number of phenolic OH excluding ortho intramolecular Hbond substituents is 1. The summed E-state index contributed by atoms with van der Waals surface area (Å²) in [6.07, 6.45) is 0. The number of carbonyl (C=O) groups is 1. The number of amides is 1. The third-order valence-electron chi connectivity index (χ3n) is 5.10. The maximum absolute atomic E-state index is 13.1. The van der Waals surface area contributed by atoms with Gasteiger partial charge in [-0.3, -0.25) is 9.89 Å². The van der Waals surface area contributed by atoms with E-state index in [9.17, 15) is 9.90 Å². The molecule has 150 valence electrons. The minimum absolute atomic E-state index is 0.0498. The second kappa shape index (κ2) is 7.71. The zero-order chi connectivity index (χ0) is 20.7. The summed E-state index contributed by atoms with van der Waals surface area (Å²) in [7, 11) is 1.59. The summed E-state index contributed by atoms with van der Waals surface area (Å²) in [4.78, 5) is 14.8. The molecule has 2 heterocycles. The van der Waals surface area contributed by atoms with E-state index in [2.05, 4.69) is 10.2 Å². The summed E-state index contributed by atoms with van der Waals surface area (Å²) in [5, 5.41) is 18.8. The molecule has 0 fully saturated rings. The summed E-state index contributed by atoms with van der Waals surface area (Å²) in [6.45, 7) is 2.60. The lowest BCUT2D eigenvalue weighted by Gasteiger charge is -2.26. The normalized spacial score (nSPS) is 15.8. The second-order valence-corrected chi connectivity index (χ2v) is 7.77. The van der Waals surface area contributed by atoms with Gasteiger partial charge in [-0.2, -0.15) is 5.10 Å². The number of H-pyrrole nitrogens is 1. The van der Waals surface area contributed by atoms with Crippen molar-refractivity contribution >= 4 is 29.1 Å². The number of nitrogens with zero attached hydrogens (tertiary/aromatic N) is 2. The number of nitrogens with one attached hydrogen (secondary N) is 1. The Hall–Kier alpha value is -2.54. The monoisotopic (exact) mass is 431 g/mol. The Labute approximate surface area is 178 Å². The molecule has 0 saturated heterocycles. The number of aromatic amines is 1. The number of hydrogen-bond donors (Lipinski definition) is 2. The highest BCUT2D eigenvalue weighted by Crippen LogP contribution is 2.45. The molecule has 0 aliphatic carbocycles. The van der Waals surface area contributed by atoms with Gasteiger partial charge in [0, 0.05) is 34.8 Å². The van der Waals surface area contributed by atoms with Gasteiger partial charge in [-0.15, -0.1) is 0 Å². The maximum atomic E-state index is 13.1. The van der Waals surface area contributed by atoms with Crippen molar-refractivity contribution < 1.29 is 14.6 Å². The Morgan fingerprint density at radius 2 is 2.07 bits per heavy atom. The Morgan fingerprint density at radius 1 is 1.28 bits per heavy atom. The number of carbonyl (C=O) groups excluding carboxylic acids is 1. The van der Waals surface area contributed by atoms with E-state index in [0.29, 0.717) is 45.7 Å². The number of rotatable bonds is 5. The largest absolute Gasteiger partial charge is 0.507 e. The number of fused-ring (bicyclic) bond motifs is 1. The summed E-state index contributed by atoms with van der Waals surface area (Å²) in [6, 6.07) is 10.2. The third kappa shape index (κ3) is 3.37. The van der Waals surface area contributed by atoms with Crippen LogP contribution in [0.1, 0.15) is 33.2 Å². The first-order valence-corrected chi connectivity index (χ1v) is 9.81. The highest BCUT2D eigenvalue weighted by molar-refractivity contribution is 6.31. The van der Waals surface area contributed by atoms with E-state index in [1.54, 1.807) is 30.2 Å². The lowest BCUT2D eigenvalue weighted by atomic mass is 9.95. The van der Waals surface area contributed by atoms with E-state index in [1.165, 1.54) is 0 Å². The van der Waals surface area contributed by atoms with Crippen molar-refractivity contribution in [3.05, 3.63) is 68.8 Å². The highest BCUT2D eigenvalue weighted by atomic mass is 35.5. The van der Waals surface area contributed by atoms with Gasteiger partial charge < -0.3 is 14.7 Å². The van der Waals surface area contributed by atoms with E-state index in [4.69, 9.17) is 27.9 Å². The van der Waals surface area contributed by atoms with Crippen molar-refractivity contribution in [2.75, 3.05) is 20.3 Å². The lowest BCUT2D eigenvalue weighted by molar-refractivity contribution is 0.0677. The van der Waals surface area contributed by atoms with Crippen molar-refractivity contribution in [3.63, 3.8) is 0 Å². The molecule has 1 amide bonds. The number of phenols is 1. The number of benzene rings is 2. The number of halogens is 2. The van der Waals surface area contributed by atoms with E-state index >= 15 is 0 Å². The summed E-state index contributed by atoms with van der Waals surface area (Å²) < 4.78 is 5.20. The Bertz CT molecular complexity index is 1100. The van der Waals surface area contributed by atoms with Gasteiger partial charge in [0.1, 0.15) is 17.1 Å². The number of methoxy groups -OCH3 is 1. The molecule has 29 heavy (non-hydrogen) atoms. The van der Waals surface area contributed by atoms with Crippen molar-refractivity contribution in [1.29, 1.82) is 0 Å². The number of aryl methyl sites for hydroxylation is 1. The van der Waals surface area contributed by atoms with Crippen LogP contribution in [-0.4, -0.2) is 46.4 Å². The van der Waals surface area contributed by atoms with Crippen LogP contribution < -0.4 is 0 Å². The smallest absolute Gasteiger partial charge is 0.273 e. The molecule has 0 bridgehead atoms. The number of aromatic hydroxyl groups is 1. The summed E-state index contributed by atoms with van der Waals surface area (Å²) >= 11 is 12.5. The van der Waals surface area contributed by atoms with Crippen molar-refractivity contribution in [1.82, 2.24) is 15.1 Å². The Morgan fingerprint density at radius 3 is 2.79 bits per heavy atom. The molecular formula is C21H19Cl2N3O3. The van der Waals surface area contributed by atoms with Gasteiger partial charge in [0.2, 0.25) is 0 Å². The predicted octanol–water partition coefficient (Wildman–Crippen LogP) is 4.59. The molecule has 2 aromatic carbocycles. The first-order chi connectivity index (χ1) is 13.9. The molecule has 0 spiro atoms. The van der Waals surface area contributed by atoms with E-state index in [-0.39, 0.29) is 11.7 Å². The van der Waals surface area contributed by atoms with E-state index < -0.39 is 6.04 Å². The predicted molar refractivity (Wildman–Crippen MR) is 112 cm³/mol. The van der Waals surface area contributed by atoms with Crippen LogP contribution >= 0.6 is 23.2 Å². The van der Waals surface area contributed by atoms with Gasteiger partial charge in [-0.1, -0.05) is 35.3 Å². The quantitative estimate of drug-likeness (QED) is 0.618. The fraction of sp³-hybridized carbons (Fsp3) is 0.238. The van der Waals surface area contributed by atoms with Crippen LogP contribution in [0.4, 0.5) is 0 Å². The second-order valence-electron chi connectivity index (χ2n) is 6.93. The molecule has 1 unspecified atom stereocenters. The summed E-state index contributed by atoms with van der Waals surface area (Å²) in [5.74, 6) is -0.132. The Kier molecular flexibility index (Phi) is 5.25. The molecule has 1 aromatic heterocycles. The zero-order valence-electron chi connectivity index (χ0n) is 15.9. The van der Waals surface area contributed by atoms with Crippen LogP contribution in [0.25, 0.3) is 11.3 Å². The van der Waals surface area contributed by atoms with Gasteiger partial charge in [0.05, 0.1) is 12.6 Å². The molecule has 8 heteroatoms. The van der Waals surface area contributed by atoms with Crippen LogP contribution in [0.3, 0.4) is 0 Å². The molecule has 1 aliphatic heterocycles. The molecule has 4 rings (SSSR count). The highest BCUT2D eigenvalue weighted by Gasteiger charge is 2.42. The molecule has 0 saturated carbocycles. The van der Waals surface area contributed by atoms with Crippen LogP contribution in [0.15, 0.2) is 36.4 Å². The fourth-order valence-electron chi connectivity index (χ4n) is 3.70. The van der Waals surface area contributed by atoms with Gasteiger partial charge in [0.25, 0.3) is 5.91 Å². The average molecular weight is 432 g/mol. The van der Waals surface area contributed by atoms with Crippen LogP contribution in [0.2, 0.25) is 10.0 Å². The van der Waals surface area contributed by atoms with E-state index in [1.807, 2.05) is 25.1 Å². The maximum Gasteiger partial charge on any atom is 0.273 e. The van der Waals surface area contributed by atoms with Gasteiger partial charge in [0.15, 0.2) is 0 Å². The standard InChI is InChI=1S/C21H19Cl2N3O3/c1-11-8-16(27)14(10-15(11)23)18-17-19(25-24-18)21(28)26(6-7-29-2)20(17)12-4-3-5-13(22)9-12/h3-5,8-10,20,27H,6-7H2,1-2H3,(H,24,25). The zero-order valence-corrected chi connectivity index (χ0v) is 17.4. The molecule has 1 atom stereocenters. The average Bonchev–Trinajstić information content (AvgIpc) is 3.22. The van der Waals surface area contributed by atoms with Crippen LogP contribution in [0.5, 0.6) is 5.75 Å². The number of aromatic nitrogens is 2. The fourth-order valence-corrected chi connectivity index (χ4v) is 4.06. The molecule has 2 N–H and O–H groups in total. The number of hydrogen-bond acceptors (Lipinski definition) is 4. The topological polar surface area (TPSA) is 78.5 Å². The minimum Gasteiger partial charge on any atom is -0.507 e. The van der Waals surface area contributed by atoms with Crippen molar-refractivity contribution in [2.24, 2.45) is 0 Å². The number of ether oxygens (including phenoxy) is 1. The molecule has 1 aliphatic rings. The van der Waals surface area contributed by atoms with Gasteiger partial charge in [-0.25, -0.2) is 0 Å².